The molecular weight excluding hydrogens is 262 g/mol. The van der Waals surface area contributed by atoms with Gasteiger partial charge in [-0.15, -0.1) is 0 Å². The fourth-order valence-electron chi connectivity index (χ4n) is 2.90. The zero-order valence-electron chi connectivity index (χ0n) is 13.8. The van der Waals surface area contributed by atoms with Crippen LogP contribution < -0.4 is 10.1 Å². The van der Waals surface area contributed by atoms with Gasteiger partial charge >= 0.3 is 0 Å². The lowest BCUT2D eigenvalue weighted by Gasteiger charge is -2.29. The fraction of sp³-hybridized carbons (Fsp3) is 0.667. The van der Waals surface area contributed by atoms with Gasteiger partial charge in [0.15, 0.2) is 0 Å². The minimum Gasteiger partial charge on any atom is -0.493 e. The van der Waals surface area contributed by atoms with Crippen LogP contribution in [-0.2, 0) is 4.74 Å². The van der Waals surface area contributed by atoms with E-state index in [2.05, 4.69) is 44.3 Å². The van der Waals surface area contributed by atoms with Crippen molar-refractivity contribution in [2.75, 3.05) is 20.3 Å². The van der Waals surface area contributed by atoms with Gasteiger partial charge in [-0.05, 0) is 45.7 Å². The monoisotopic (exact) mass is 291 g/mol. The Morgan fingerprint density at radius 1 is 1.38 bits per heavy atom. The van der Waals surface area contributed by atoms with Gasteiger partial charge in [-0.25, -0.2) is 0 Å². The smallest absolute Gasteiger partial charge is 0.122 e. The zero-order chi connectivity index (χ0) is 15.3. The Hall–Kier alpha value is -1.06. The molecule has 2 unspecified atom stereocenters. The second-order valence-electron chi connectivity index (χ2n) is 6.52. The van der Waals surface area contributed by atoms with Crippen LogP contribution in [0.5, 0.6) is 5.75 Å². The predicted octanol–water partition coefficient (Wildman–Crippen LogP) is 3.74. The number of ether oxygens (including phenoxy) is 2. The van der Waals surface area contributed by atoms with Crippen molar-refractivity contribution in [3.8, 4) is 5.75 Å². The Morgan fingerprint density at radius 3 is 2.86 bits per heavy atom. The molecule has 118 valence electrons. The highest BCUT2D eigenvalue weighted by atomic mass is 16.5. The number of para-hydroxylation sites is 1. The highest BCUT2D eigenvalue weighted by molar-refractivity contribution is 5.40. The maximum atomic E-state index is 5.86. The lowest BCUT2D eigenvalue weighted by molar-refractivity contribution is 0.0109. The Labute approximate surface area is 129 Å². The molecule has 0 aromatic heterocycles. The first kappa shape index (κ1) is 16.3. The normalized spacial score (nSPS) is 19.1. The lowest BCUT2D eigenvalue weighted by Crippen LogP contribution is -2.38. The molecule has 2 atom stereocenters. The van der Waals surface area contributed by atoms with Gasteiger partial charge in [0, 0.05) is 24.6 Å². The van der Waals surface area contributed by atoms with Gasteiger partial charge in [-0.2, -0.15) is 0 Å². The number of benzene rings is 1. The molecule has 1 heterocycles. The maximum absolute atomic E-state index is 5.86. The van der Waals surface area contributed by atoms with Crippen LogP contribution in [0, 0.1) is 0 Å². The van der Waals surface area contributed by atoms with Crippen LogP contribution in [-0.4, -0.2) is 31.9 Å². The van der Waals surface area contributed by atoms with Crippen LogP contribution in [0.15, 0.2) is 24.3 Å². The molecule has 0 amide bonds. The van der Waals surface area contributed by atoms with E-state index >= 15 is 0 Å². The van der Waals surface area contributed by atoms with Crippen molar-refractivity contribution in [2.45, 2.75) is 57.6 Å². The molecule has 0 aliphatic carbocycles. The van der Waals surface area contributed by atoms with E-state index in [9.17, 15) is 0 Å². The molecular formula is C18H29NO2. The van der Waals surface area contributed by atoms with E-state index in [0.717, 1.165) is 38.2 Å². The number of methoxy groups -OCH3 is 1. The first-order valence-electron chi connectivity index (χ1n) is 8.07. The zero-order valence-corrected chi connectivity index (χ0v) is 13.8. The van der Waals surface area contributed by atoms with E-state index in [-0.39, 0.29) is 5.60 Å². The second-order valence-corrected chi connectivity index (χ2v) is 6.52. The molecule has 3 nitrogen and oxygen atoms in total. The van der Waals surface area contributed by atoms with Gasteiger partial charge in [-0.1, -0.05) is 25.1 Å². The van der Waals surface area contributed by atoms with E-state index in [4.69, 9.17) is 9.47 Å². The molecule has 0 bridgehead atoms. The molecule has 1 N–H and O–H groups in total. The molecule has 1 aromatic rings. The number of fused-ring (bicyclic) bond motifs is 1. The summed E-state index contributed by atoms with van der Waals surface area (Å²) in [6.45, 7) is 8.36. The summed E-state index contributed by atoms with van der Waals surface area (Å²) in [5, 5.41) is 3.71. The summed E-state index contributed by atoms with van der Waals surface area (Å²) in [4.78, 5) is 0. The molecule has 3 heteroatoms. The summed E-state index contributed by atoms with van der Waals surface area (Å²) >= 11 is 0. The number of rotatable bonds is 8. The molecule has 0 saturated heterocycles. The highest BCUT2D eigenvalue weighted by Gasteiger charge is 2.32. The molecule has 21 heavy (non-hydrogen) atoms. The minimum absolute atomic E-state index is 0.0644. The van der Waals surface area contributed by atoms with Crippen LogP contribution in [0.3, 0.4) is 0 Å². The van der Waals surface area contributed by atoms with E-state index in [1.807, 2.05) is 6.07 Å². The molecule has 1 aliphatic rings. The molecule has 1 aromatic carbocycles. The molecule has 0 saturated carbocycles. The second kappa shape index (κ2) is 7.28. The summed E-state index contributed by atoms with van der Waals surface area (Å²) in [7, 11) is 1.79. The lowest BCUT2D eigenvalue weighted by atomic mass is 9.87. The van der Waals surface area contributed by atoms with Crippen LogP contribution in [0.4, 0.5) is 0 Å². The molecule has 1 aliphatic heterocycles. The van der Waals surface area contributed by atoms with Gasteiger partial charge in [0.25, 0.3) is 0 Å². The van der Waals surface area contributed by atoms with E-state index in [1.54, 1.807) is 7.11 Å². The van der Waals surface area contributed by atoms with Gasteiger partial charge in [-0.3, -0.25) is 0 Å². The average Bonchev–Trinajstić information content (AvgIpc) is 2.91. The summed E-state index contributed by atoms with van der Waals surface area (Å²) in [5.74, 6) is 1.50. The quantitative estimate of drug-likeness (QED) is 0.791. The van der Waals surface area contributed by atoms with E-state index in [1.165, 1.54) is 5.56 Å². The molecule has 2 rings (SSSR count). The predicted molar refractivity (Wildman–Crippen MR) is 87.1 cm³/mol. The number of hydrogen-bond donors (Lipinski definition) is 1. The van der Waals surface area contributed by atoms with Crippen LogP contribution >= 0.6 is 0 Å². The van der Waals surface area contributed by atoms with Crippen LogP contribution in [0.25, 0.3) is 0 Å². The number of nitrogens with one attached hydrogen (secondary N) is 1. The Balaban J connectivity index is 2.06. The standard InChI is InChI=1S/C18H29NO2/c1-5-12-19-16(10-11-18(2,3)20-4)15-13-21-17-9-7-6-8-14(15)17/h6-9,15-16,19H,5,10-13H2,1-4H3. The van der Waals surface area contributed by atoms with Crippen LogP contribution in [0.2, 0.25) is 0 Å². The van der Waals surface area contributed by atoms with E-state index in [0.29, 0.717) is 12.0 Å². The highest BCUT2D eigenvalue weighted by Crippen LogP contribution is 2.37. The third-order valence-corrected chi connectivity index (χ3v) is 4.49. The van der Waals surface area contributed by atoms with Crippen molar-refractivity contribution in [1.82, 2.24) is 5.32 Å². The minimum atomic E-state index is -0.0644. The topological polar surface area (TPSA) is 30.5 Å². The first-order chi connectivity index (χ1) is 10.1. The number of hydrogen-bond acceptors (Lipinski definition) is 3. The van der Waals surface area contributed by atoms with Crippen molar-refractivity contribution in [1.29, 1.82) is 0 Å². The third kappa shape index (κ3) is 4.21. The van der Waals surface area contributed by atoms with Crippen LogP contribution in [0.1, 0.15) is 51.5 Å². The van der Waals surface area contributed by atoms with Gasteiger partial charge < -0.3 is 14.8 Å². The summed E-state index contributed by atoms with van der Waals surface area (Å²) in [6, 6.07) is 8.88. The SMILES string of the molecule is CCCNC(CCC(C)(C)OC)C1COc2ccccc21. The van der Waals surface area contributed by atoms with E-state index < -0.39 is 0 Å². The average molecular weight is 291 g/mol. The molecule has 0 spiro atoms. The Bertz CT molecular complexity index is 445. The van der Waals surface area contributed by atoms with Gasteiger partial charge in [0.2, 0.25) is 0 Å². The van der Waals surface area contributed by atoms with Crippen molar-refractivity contribution in [2.24, 2.45) is 0 Å². The summed E-state index contributed by atoms with van der Waals surface area (Å²) in [5.41, 5.74) is 1.28. The third-order valence-electron chi connectivity index (χ3n) is 4.49. The Morgan fingerprint density at radius 2 is 2.14 bits per heavy atom. The summed E-state index contributed by atoms with van der Waals surface area (Å²) < 4.78 is 11.4. The largest absolute Gasteiger partial charge is 0.493 e. The maximum Gasteiger partial charge on any atom is 0.122 e. The molecule has 0 radical (unpaired) electrons. The van der Waals surface area contributed by atoms with Gasteiger partial charge in [0.1, 0.15) is 5.75 Å². The van der Waals surface area contributed by atoms with Crippen molar-refractivity contribution in [3.05, 3.63) is 29.8 Å². The molecule has 0 fully saturated rings. The van der Waals surface area contributed by atoms with Crippen molar-refractivity contribution in [3.63, 3.8) is 0 Å². The Kier molecular flexibility index (Phi) is 5.65. The van der Waals surface area contributed by atoms with Crippen molar-refractivity contribution >= 4 is 0 Å². The first-order valence-corrected chi connectivity index (χ1v) is 8.07. The van der Waals surface area contributed by atoms with Crippen molar-refractivity contribution < 1.29 is 9.47 Å². The van der Waals surface area contributed by atoms with Gasteiger partial charge in [0.05, 0.1) is 12.2 Å². The summed E-state index contributed by atoms with van der Waals surface area (Å²) in [6.07, 6.45) is 3.30. The fourth-order valence-corrected chi connectivity index (χ4v) is 2.90.